The van der Waals surface area contributed by atoms with Gasteiger partial charge in [0.1, 0.15) is 5.75 Å². The molecule has 0 aliphatic heterocycles. The zero-order valence-corrected chi connectivity index (χ0v) is 12.7. The third-order valence-corrected chi connectivity index (χ3v) is 3.73. The Hall–Kier alpha value is -2.20. The Balaban J connectivity index is 2.24. The molecule has 0 atom stereocenters. The first-order valence-corrected chi connectivity index (χ1v) is 6.86. The molecule has 3 N–H and O–H groups in total. The van der Waals surface area contributed by atoms with E-state index in [-0.39, 0.29) is 11.7 Å². The Kier molecular flexibility index (Phi) is 4.38. The Morgan fingerprint density at radius 3 is 2.76 bits per heavy atom. The lowest BCUT2D eigenvalue weighted by molar-refractivity contribution is 0.0784. The maximum Gasteiger partial charge on any atom is 0.254 e. The Morgan fingerprint density at radius 1 is 1.33 bits per heavy atom. The van der Waals surface area contributed by atoms with Crippen LogP contribution >= 0.6 is 11.6 Å². The van der Waals surface area contributed by atoms with E-state index in [2.05, 4.69) is 0 Å². The number of anilines is 1. The van der Waals surface area contributed by atoms with Crippen LogP contribution in [0.3, 0.4) is 0 Å². The lowest BCUT2D eigenvalue weighted by atomic mass is 10.1. The molecule has 5 heteroatoms. The van der Waals surface area contributed by atoms with Gasteiger partial charge in [0.05, 0.1) is 0 Å². The van der Waals surface area contributed by atoms with Crippen molar-refractivity contribution >= 4 is 23.2 Å². The molecule has 0 aliphatic rings. The van der Waals surface area contributed by atoms with E-state index in [1.54, 1.807) is 55.3 Å². The van der Waals surface area contributed by atoms with Gasteiger partial charge in [0.2, 0.25) is 0 Å². The van der Waals surface area contributed by atoms with E-state index >= 15 is 0 Å². The molecule has 0 bridgehead atoms. The number of amides is 1. The second-order valence-corrected chi connectivity index (χ2v) is 5.37. The predicted molar refractivity (Wildman–Crippen MR) is 84.5 cm³/mol. The van der Waals surface area contributed by atoms with Crippen LogP contribution in [0.4, 0.5) is 5.69 Å². The van der Waals surface area contributed by atoms with Gasteiger partial charge in [-0.05, 0) is 42.8 Å². The van der Waals surface area contributed by atoms with Crippen LogP contribution in [0.5, 0.6) is 5.75 Å². The molecular weight excluding hydrogens is 288 g/mol. The first kappa shape index (κ1) is 15.2. The summed E-state index contributed by atoms with van der Waals surface area (Å²) in [5.41, 5.74) is 8.16. The summed E-state index contributed by atoms with van der Waals surface area (Å²) in [6, 6.07) is 10.1. The van der Waals surface area contributed by atoms with Gasteiger partial charge in [-0.25, -0.2) is 0 Å². The second-order valence-electron chi connectivity index (χ2n) is 4.96. The molecule has 4 nitrogen and oxygen atoms in total. The number of hydrogen-bond acceptors (Lipinski definition) is 3. The first-order valence-electron chi connectivity index (χ1n) is 6.48. The summed E-state index contributed by atoms with van der Waals surface area (Å²) in [6.07, 6.45) is 0. The Bertz CT molecular complexity index is 686. The summed E-state index contributed by atoms with van der Waals surface area (Å²) in [6.45, 7) is 2.06. The molecule has 0 fully saturated rings. The molecule has 1 amide bonds. The van der Waals surface area contributed by atoms with Crippen molar-refractivity contribution in [2.24, 2.45) is 0 Å². The van der Waals surface area contributed by atoms with Crippen molar-refractivity contribution in [3.63, 3.8) is 0 Å². The molecule has 2 aromatic carbocycles. The van der Waals surface area contributed by atoms with Crippen molar-refractivity contribution < 1.29 is 9.90 Å². The summed E-state index contributed by atoms with van der Waals surface area (Å²) in [5, 5.41) is 10.3. The number of phenols is 1. The number of nitrogens with zero attached hydrogens (tertiary/aromatic N) is 1. The number of phenolic OH excluding ortho intramolecular Hbond substituents is 1. The number of rotatable bonds is 3. The van der Waals surface area contributed by atoms with Gasteiger partial charge in [-0.15, -0.1) is 0 Å². The van der Waals surface area contributed by atoms with E-state index in [9.17, 15) is 9.90 Å². The highest BCUT2D eigenvalue weighted by Gasteiger charge is 2.17. The monoisotopic (exact) mass is 304 g/mol. The molecule has 110 valence electrons. The van der Waals surface area contributed by atoms with Crippen molar-refractivity contribution in [2.75, 3.05) is 12.8 Å². The summed E-state index contributed by atoms with van der Waals surface area (Å²) in [5.74, 6) is -0.0712. The van der Waals surface area contributed by atoms with E-state index < -0.39 is 0 Å². The zero-order valence-electron chi connectivity index (χ0n) is 11.9. The molecule has 0 aromatic heterocycles. The lowest BCUT2D eigenvalue weighted by Gasteiger charge is -2.19. The van der Waals surface area contributed by atoms with E-state index in [0.29, 0.717) is 28.4 Å². The number of carbonyl (C=O) groups is 1. The number of nitrogens with two attached hydrogens (primary N) is 1. The molecule has 0 saturated heterocycles. The van der Waals surface area contributed by atoms with E-state index in [1.807, 2.05) is 0 Å². The van der Waals surface area contributed by atoms with E-state index in [4.69, 9.17) is 17.3 Å². The topological polar surface area (TPSA) is 66.6 Å². The molecule has 0 unspecified atom stereocenters. The average molecular weight is 305 g/mol. The Morgan fingerprint density at radius 2 is 2.05 bits per heavy atom. The van der Waals surface area contributed by atoms with Crippen LogP contribution < -0.4 is 5.73 Å². The van der Waals surface area contributed by atoms with Crippen molar-refractivity contribution in [3.05, 3.63) is 58.1 Å². The van der Waals surface area contributed by atoms with Crippen LogP contribution in [0.15, 0.2) is 36.4 Å². The SMILES string of the molecule is Cc1c(O)cccc1C(=O)N(C)Cc1cc(N)ccc1Cl. The molecule has 0 aliphatic carbocycles. The van der Waals surface area contributed by atoms with Gasteiger partial charge in [-0.2, -0.15) is 0 Å². The van der Waals surface area contributed by atoms with Crippen molar-refractivity contribution in [1.82, 2.24) is 4.90 Å². The second kappa shape index (κ2) is 6.06. The minimum atomic E-state index is -0.179. The summed E-state index contributed by atoms with van der Waals surface area (Å²) >= 11 is 6.11. The molecule has 0 radical (unpaired) electrons. The number of hydrogen-bond donors (Lipinski definition) is 2. The number of aromatic hydroxyl groups is 1. The summed E-state index contributed by atoms with van der Waals surface area (Å²) in [4.78, 5) is 14.0. The number of carbonyl (C=O) groups excluding carboxylic acids is 1. The Labute approximate surface area is 128 Å². The van der Waals surface area contributed by atoms with Gasteiger partial charge in [-0.3, -0.25) is 4.79 Å². The van der Waals surface area contributed by atoms with Crippen LogP contribution in [0.2, 0.25) is 5.02 Å². The molecule has 2 aromatic rings. The van der Waals surface area contributed by atoms with Gasteiger partial charge in [0.25, 0.3) is 5.91 Å². The minimum absolute atomic E-state index is 0.108. The highest BCUT2D eigenvalue weighted by molar-refractivity contribution is 6.31. The largest absolute Gasteiger partial charge is 0.508 e. The normalized spacial score (nSPS) is 10.4. The third kappa shape index (κ3) is 3.28. The van der Waals surface area contributed by atoms with Gasteiger partial charge in [0, 0.05) is 35.4 Å². The predicted octanol–water partition coefficient (Wildman–Crippen LogP) is 3.21. The van der Waals surface area contributed by atoms with Gasteiger partial charge >= 0.3 is 0 Å². The maximum absolute atomic E-state index is 12.5. The van der Waals surface area contributed by atoms with Crippen molar-refractivity contribution in [2.45, 2.75) is 13.5 Å². The maximum atomic E-state index is 12.5. The van der Waals surface area contributed by atoms with Crippen LogP contribution in [-0.2, 0) is 6.54 Å². The number of nitrogen functional groups attached to an aromatic ring is 1. The van der Waals surface area contributed by atoms with E-state index in [0.717, 1.165) is 5.56 Å². The fourth-order valence-electron chi connectivity index (χ4n) is 2.10. The van der Waals surface area contributed by atoms with Crippen LogP contribution in [0, 0.1) is 6.92 Å². The molecule has 0 spiro atoms. The van der Waals surface area contributed by atoms with Gasteiger partial charge in [-0.1, -0.05) is 17.7 Å². The lowest BCUT2D eigenvalue weighted by Crippen LogP contribution is -2.27. The summed E-state index contributed by atoms with van der Waals surface area (Å²) < 4.78 is 0. The van der Waals surface area contributed by atoms with Gasteiger partial charge < -0.3 is 15.7 Å². The fourth-order valence-corrected chi connectivity index (χ4v) is 2.28. The number of halogens is 1. The average Bonchev–Trinajstić information content (AvgIpc) is 2.45. The van der Waals surface area contributed by atoms with Crippen LogP contribution in [-0.4, -0.2) is 23.0 Å². The summed E-state index contributed by atoms with van der Waals surface area (Å²) in [7, 11) is 1.69. The van der Waals surface area contributed by atoms with Gasteiger partial charge in [0.15, 0.2) is 0 Å². The minimum Gasteiger partial charge on any atom is -0.508 e. The smallest absolute Gasteiger partial charge is 0.254 e. The molecule has 0 saturated carbocycles. The fraction of sp³-hybridized carbons (Fsp3) is 0.188. The van der Waals surface area contributed by atoms with E-state index in [1.165, 1.54) is 0 Å². The number of benzene rings is 2. The molecule has 2 rings (SSSR count). The van der Waals surface area contributed by atoms with Crippen LogP contribution in [0.25, 0.3) is 0 Å². The highest BCUT2D eigenvalue weighted by Crippen LogP contribution is 2.23. The molecular formula is C16H17ClN2O2. The quantitative estimate of drug-likeness (QED) is 0.856. The highest BCUT2D eigenvalue weighted by atomic mass is 35.5. The molecule has 0 heterocycles. The molecule has 21 heavy (non-hydrogen) atoms. The third-order valence-electron chi connectivity index (χ3n) is 3.36. The first-order chi connectivity index (χ1) is 9.90. The van der Waals surface area contributed by atoms with Crippen molar-refractivity contribution in [3.8, 4) is 5.75 Å². The van der Waals surface area contributed by atoms with Crippen molar-refractivity contribution in [1.29, 1.82) is 0 Å². The standard InChI is InChI=1S/C16H17ClN2O2/c1-10-13(4-3-5-15(10)20)16(21)19(2)9-11-8-12(18)6-7-14(11)17/h3-8,20H,9,18H2,1-2H3. The van der Waals surface area contributed by atoms with Crippen LogP contribution in [0.1, 0.15) is 21.5 Å². The zero-order chi connectivity index (χ0) is 15.6.